The van der Waals surface area contributed by atoms with Crippen LogP contribution in [0.3, 0.4) is 0 Å². The molecule has 1 unspecified atom stereocenters. The lowest BCUT2D eigenvalue weighted by molar-refractivity contribution is 0.0949. The highest BCUT2D eigenvalue weighted by molar-refractivity contribution is 5.94. The topological polar surface area (TPSA) is 71.8 Å². The summed E-state index contributed by atoms with van der Waals surface area (Å²) < 4.78 is 1.78. The van der Waals surface area contributed by atoms with Crippen molar-refractivity contribution in [3.05, 3.63) is 76.9 Å². The van der Waals surface area contributed by atoms with Crippen molar-refractivity contribution in [2.24, 2.45) is 0 Å². The van der Waals surface area contributed by atoms with Gasteiger partial charge in [-0.1, -0.05) is 24.3 Å². The Balaban J connectivity index is 1.37. The number of nitrogens with one attached hydrogen (secondary N) is 2. The molecule has 1 aliphatic rings. The summed E-state index contributed by atoms with van der Waals surface area (Å²) in [6, 6.07) is 16.1. The molecule has 6 nitrogen and oxygen atoms in total. The van der Waals surface area contributed by atoms with E-state index in [-0.39, 0.29) is 11.9 Å². The largest absolute Gasteiger partial charge is 0.350 e. The van der Waals surface area contributed by atoms with Gasteiger partial charge in [-0.15, -0.1) is 0 Å². The zero-order valence-electron chi connectivity index (χ0n) is 15.6. The molecule has 0 fully saturated rings. The highest BCUT2D eigenvalue weighted by atomic mass is 16.1. The van der Waals surface area contributed by atoms with E-state index in [1.807, 2.05) is 38.1 Å². The minimum Gasteiger partial charge on any atom is -0.350 e. The lowest BCUT2D eigenvalue weighted by Crippen LogP contribution is -2.44. The Labute approximate surface area is 158 Å². The lowest BCUT2D eigenvalue weighted by atomic mass is 9.96. The summed E-state index contributed by atoms with van der Waals surface area (Å²) >= 11 is 0. The molecule has 1 aromatic heterocycles. The fraction of sp³-hybridized carbons (Fsp3) is 0.286. The predicted octanol–water partition coefficient (Wildman–Crippen LogP) is 2.33. The van der Waals surface area contributed by atoms with Crippen LogP contribution in [0, 0.1) is 13.8 Å². The lowest BCUT2D eigenvalue weighted by Gasteiger charge is -2.26. The minimum absolute atomic E-state index is 0.0614. The second kappa shape index (κ2) is 7.32. The van der Waals surface area contributed by atoms with Gasteiger partial charge in [-0.3, -0.25) is 4.79 Å². The van der Waals surface area contributed by atoms with Gasteiger partial charge in [-0.2, -0.15) is 5.10 Å². The normalized spacial score (nSPS) is 16.0. The fourth-order valence-corrected chi connectivity index (χ4v) is 3.50. The van der Waals surface area contributed by atoms with Crippen molar-refractivity contribution in [1.29, 1.82) is 0 Å². The molecular formula is C21H23N5O. The quantitative estimate of drug-likeness (QED) is 0.748. The first-order chi connectivity index (χ1) is 13.1. The first-order valence-corrected chi connectivity index (χ1v) is 9.19. The second-order valence-corrected chi connectivity index (χ2v) is 6.93. The van der Waals surface area contributed by atoms with Crippen LogP contribution >= 0.6 is 0 Å². The van der Waals surface area contributed by atoms with E-state index < -0.39 is 0 Å². The van der Waals surface area contributed by atoms with Crippen LogP contribution in [0.1, 0.15) is 33.1 Å². The second-order valence-electron chi connectivity index (χ2n) is 6.93. The third-order valence-corrected chi connectivity index (χ3v) is 4.92. The maximum atomic E-state index is 12.5. The van der Waals surface area contributed by atoms with Crippen LogP contribution in [0.2, 0.25) is 0 Å². The summed E-state index contributed by atoms with van der Waals surface area (Å²) in [6.45, 7) is 5.23. The number of nitrogens with zero attached hydrogens (tertiary/aromatic N) is 3. The van der Waals surface area contributed by atoms with Crippen LogP contribution in [0.5, 0.6) is 0 Å². The maximum absolute atomic E-state index is 12.5. The van der Waals surface area contributed by atoms with Gasteiger partial charge < -0.3 is 10.6 Å². The van der Waals surface area contributed by atoms with Gasteiger partial charge in [0.25, 0.3) is 5.91 Å². The van der Waals surface area contributed by atoms with Crippen molar-refractivity contribution < 1.29 is 4.79 Å². The fourth-order valence-electron chi connectivity index (χ4n) is 3.50. The number of aromatic nitrogens is 3. The molecule has 2 N–H and O–H groups in total. The Kier molecular flexibility index (Phi) is 4.73. The summed E-state index contributed by atoms with van der Waals surface area (Å²) in [7, 11) is 0. The summed E-state index contributed by atoms with van der Waals surface area (Å²) in [6.07, 6.45) is 0.931. The Morgan fingerprint density at radius 2 is 1.89 bits per heavy atom. The third-order valence-electron chi connectivity index (χ3n) is 4.92. The molecule has 0 saturated heterocycles. The number of carbonyl (C=O) groups is 1. The zero-order chi connectivity index (χ0) is 18.8. The molecule has 0 saturated carbocycles. The van der Waals surface area contributed by atoms with Crippen molar-refractivity contribution in [3.8, 4) is 5.69 Å². The summed E-state index contributed by atoms with van der Waals surface area (Å²) in [4.78, 5) is 16.8. The van der Waals surface area contributed by atoms with E-state index in [2.05, 4.69) is 45.0 Å². The molecule has 0 bridgehead atoms. The Morgan fingerprint density at radius 3 is 2.59 bits per heavy atom. The van der Waals surface area contributed by atoms with Crippen LogP contribution in [0.15, 0.2) is 48.5 Å². The molecule has 2 aromatic carbocycles. The number of hydrogen-bond donors (Lipinski definition) is 2. The molecule has 0 spiro atoms. The van der Waals surface area contributed by atoms with Crippen LogP contribution in [-0.4, -0.2) is 33.3 Å². The molecule has 4 rings (SSSR count). The van der Waals surface area contributed by atoms with Crippen molar-refractivity contribution in [3.63, 3.8) is 0 Å². The summed E-state index contributed by atoms with van der Waals surface area (Å²) in [5, 5.41) is 10.9. The van der Waals surface area contributed by atoms with E-state index in [9.17, 15) is 4.79 Å². The monoisotopic (exact) mass is 361 g/mol. The van der Waals surface area contributed by atoms with Crippen LogP contribution in [0.25, 0.3) is 5.69 Å². The number of aryl methyl sites for hydroxylation is 2. The first-order valence-electron chi connectivity index (χ1n) is 9.19. The first kappa shape index (κ1) is 17.4. The molecule has 0 radical (unpaired) electrons. The van der Waals surface area contributed by atoms with Crippen molar-refractivity contribution in [2.45, 2.75) is 32.9 Å². The van der Waals surface area contributed by atoms with Gasteiger partial charge in [0.2, 0.25) is 0 Å². The van der Waals surface area contributed by atoms with E-state index in [4.69, 9.17) is 0 Å². The average Bonchev–Trinajstić information content (AvgIpc) is 3.04. The standard InChI is InChI=1S/C21H23N5O/c1-14-24-15(2)26(25-14)20-9-7-16(8-10-20)21(27)23-13-19-11-17-5-3-4-6-18(17)12-22-19/h3-10,19,22H,11-13H2,1-2H3,(H,23,27). The van der Waals surface area contributed by atoms with Gasteiger partial charge in [0.1, 0.15) is 11.6 Å². The van der Waals surface area contributed by atoms with E-state index in [0.717, 1.165) is 30.3 Å². The number of benzene rings is 2. The van der Waals surface area contributed by atoms with Crippen LogP contribution in [-0.2, 0) is 13.0 Å². The Bertz CT molecular complexity index is 961. The van der Waals surface area contributed by atoms with Crippen molar-refractivity contribution in [1.82, 2.24) is 25.4 Å². The molecule has 1 aliphatic heterocycles. The van der Waals surface area contributed by atoms with Crippen molar-refractivity contribution >= 4 is 5.91 Å². The van der Waals surface area contributed by atoms with Crippen LogP contribution in [0.4, 0.5) is 0 Å². The summed E-state index contributed by atoms with van der Waals surface area (Å²) in [5.74, 6) is 1.50. The third kappa shape index (κ3) is 3.75. The van der Waals surface area contributed by atoms with E-state index >= 15 is 0 Å². The molecule has 0 aliphatic carbocycles. The molecule has 1 atom stereocenters. The molecule has 3 aromatic rings. The van der Waals surface area contributed by atoms with E-state index in [0.29, 0.717) is 12.1 Å². The SMILES string of the molecule is Cc1nc(C)n(-c2ccc(C(=O)NCC3Cc4ccccc4CN3)cc2)n1. The van der Waals surface area contributed by atoms with Gasteiger partial charge in [-0.05, 0) is 55.7 Å². The number of hydrogen-bond acceptors (Lipinski definition) is 4. The number of fused-ring (bicyclic) bond motifs is 1. The van der Waals surface area contributed by atoms with Gasteiger partial charge in [-0.25, -0.2) is 9.67 Å². The molecular weight excluding hydrogens is 338 g/mol. The van der Waals surface area contributed by atoms with Gasteiger partial charge in [0.15, 0.2) is 0 Å². The molecule has 27 heavy (non-hydrogen) atoms. The maximum Gasteiger partial charge on any atom is 0.251 e. The molecule has 138 valence electrons. The van der Waals surface area contributed by atoms with Gasteiger partial charge >= 0.3 is 0 Å². The molecule has 6 heteroatoms. The van der Waals surface area contributed by atoms with Crippen molar-refractivity contribution in [2.75, 3.05) is 6.54 Å². The number of carbonyl (C=O) groups excluding carboxylic acids is 1. The zero-order valence-corrected chi connectivity index (χ0v) is 15.6. The molecule has 1 amide bonds. The summed E-state index contributed by atoms with van der Waals surface area (Å²) in [5.41, 5.74) is 4.24. The van der Waals surface area contributed by atoms with Gasteiger partial charge in [0.05, 0.1) is 5.69 Å². The number of amides is 1. The molecule has 2 heterocycles. The number of rotatable bonds is 4. The Hall–Kier alpha value is -2.99. The van der Waals surface area contributed by atoms with E-state index in [1.54, 1.807) is 4.68 Å². The Morgan fingerprint density at radius 1 is 1.15 bits per heavy atom. The minimum atomic E-state index is -0.0614. The highest BCUT2D eigenvalue weighted by Crippen LogP contribution is 2.16. The van der Waals surface area contributed by atoms with Gasteiger partial charge in [0, 0.05) is 24.7 Å². The van der Waals surface area contributed by atoms with E-state index in [1.165, 1.54) is 11.1 Å². The predicted molar refractivity (Wildman–Crippen MR) is 104 cm³/mol. The smallest absolute Gasteiger partial charge is 0.251 e. The highest BCUT2D eigenvalue weighted by Gasteiger charge is 2.18. The van der Waals surface area contributed by atoms with Crippen LogP contribution < -0.4 is 10.6 Å². The average molecular weight is 361 g/mol.